The molecule has 5 rings (SSSR count). The molecule has 0 spiro atoms. The number of hydrogen-bond donors (Lipinski definition) is 1. The first-order chi connectivity index (χ1) is 18.5. The molecule has 1 aromatic carbocycles. The Kier molecular flexibility index (Phi) is 5.24. The van der Waals surface area contributed by atoms with Crippen LogP contribution in [0.2, 0.25) is 0 Å². The molecule has 0 bridgehead atoms. The molecule has 1 saturated heterocycles. The van der Waals surface area contributed by atoms with Gasteiger partial charge < -0.3 is 15.0 Å². The van der Waals surface area contributed by atoms with Crippen LogP contribution in [-0.2, 0) is 11.3 Å². The van der Waals surface area contributed by atoms with E-state index in [4.69, 9.17) is 8.85 Å². The molecule has 10 nitrogen and oxygen atoms in total. The summed E-state index contributed by atoms with van der Waals surface area (Å²) in [5.74, 6) is -1.76. The molecular weight excluding hydrogens is 477 g/mol. The largest absolute Gasteiger partial charge is 0.479 e. The van der Waals surface area contributed by atoms with Gasteiger partial charge in [-0.1, -0.05) is 11.3 Å². The summed E-state index contributed by atoms with van der Waals surface area (Å²) < 4.78 is 73.6. The van der Waals surface area contributed by atoms with Gasteiger partial charge in [0.25, 0.3) is 0 Å². The molecule has 190 valence electrons. The molecule has 1 aliphatic rings. The van der Waals surface area contributed by atoms with Gasteiger partial charge in [-0.3, -0.25) is 4.79 Å². The quantitative estimate of drug-likeness (QED) is 0.430. The van der Waals surface area contributed by atoms with Gasteiger partial charge in [0.1, 0.15) is 23.4 Å². The van der Waals surface area contributed by atoms with E-state index < -0.39 is 43.5 Å². The predicted octanol–water partition coefficient (Wildman–Crippen LogP) is 3.02. The Balaban J connectivity index is 1.45. The number of halogens is 3. The van der Waals surface area contributed by atoms with Crippen LogP contribution in [0, 0.1) is 5.82 Å². The van der Waals surface area contributed by atoms with Gasteiger partial charge in [0, 0.05) is 17.5 Å². The highest BCUT2D eigenvalue weighted by Crippen LogP contribution is 2.35. The number of ether oxygens (including phenoxy) is 1. The number of anilines is 1. The Hall–Kier alpha value is -3.90. The van der Waals surface area contributed by atoms with Gasteiger partial charge in [0.15, 0.2) is 5.82 Å². The molecule has 3 aromatic heterocycles. The van der Waals surface area contributed by atoms with Crippen LogP contribution in [-0.4, -0.2) is 79.0 Å². The fraction of sp³-hybridized carbons (Fsp3) is 0.435. The molecule has 0 saturated carbocycles. The molecule has 1 fully saturated rings. The highest BCUT2D eigenvalue weighted by Gasteiger charge is 2.31. The van der Waals surface area contributed by atoms with Crippen molar-refractivity contribution >= 4 is 28.4 Å². The zero-order valence-corrected chi connectivity index (χ0v) is 19.5. The van der Waals surface area contributed by atoms with Crippen LogP contribution in [0.25, 0.3) is 27.7 Å². The smallest absolute Gasteiger partial charge is 0.244 e. The van der Waals surface area contributed by atoms with Crippen molar-refractivity contribution in [1.29, 1.82) is 0 Å². The minimum atomic E-state index is -2.84. The highest BCUT2D eigenvalue weighted by molar-refractivity contribution is 5.89. The summed E-state index contributed by atoms with van der Waals surface area (Å²) in [6.07, 6.45) is -1.52. The van der Waals surface area contributed by atoms with E-state index in [1.54, 1.807) is 18.2 Å². The number of carbonyl (C=O) groups excluding carboxylic acids is 1. The van der Waals surface area contributed by atoms with E-state index in [-0.39, 0.29) is 42.4 Å². The van der Waals surface area contributed by atoms with E-state index in [1.807, 2.05) is 0 Å². The number of piperidine rings is 1. The molecule has 0 radical (unpaired) electrons. The third kappa shape index (κ3) is 4.29. The molecule has 1 N–H and O–H groups in total. The van der Waals surface area contributed by atoms with Crippen molar-refractivity contribution in [2.75, 3.05) is 25.5 Å². The number of amides is 1. The number of hydrogen-bond acceptors (Lipinski definition) is 7. The van der Waals surface area contributed by atoms with Crippen LogP contribution in [0.1, 0.15) is 24.3 Å². The zero-order chi connectivity index (χ0) is 28.1. The number of rotatable bonds is 6. The van der Waals surface area contributed by atoms with Crippen molar-refractivity contribution < 1.29 is 26.8 Å². The molecule has 13 heteroatoms. The average Bonchev–Trinajstić information content (AvgIpc) is 3.42. The molecular formula is C23H25F3N8O2. The summed E-state index contributed by atoms with van der Waals surface area (Å²) in [4.78, 5) is 17.3. The lowest BCUT2D eigenvalue weighted by Gasteiger charge is -2.34. The Morgan fingerprint density at radius 2 is 2.25 bits per heavy atom. The number of aromatic nitrogens is 6. The third-order valence-electron chi connectivity index (χ3n) is 6.12. The number of likely N-dealkylation sites (tertiary alicyclic amines) is 1. The van der Waals surface area contributed by atoms with Crippen LogP contribution < -0.4 is 10.1 Å². The first-order valence-corrected chi connectivity index (χ1v) is 11.3. The van der Waals surface area contributed by atoms with Gasteiger partial charge in [-0.15, -0.1) is 10.2 Å². The lowest BCUT2D eigenvalue weighted by atomic mass is 10.0. The highest BCUT2D eigenvalue weighted by atomic mass is 19.1. The van der Waals surface area contributed by atoms with Gasteiger partial charge in [0.2, 0.25) is 17.7 Å². The van der Waals surface area contributed by atoms with Crippen LogP contribution in [0.4, 0.5) is 19.1 Å². The van der Waals surface area contributed by atoms with E-state index in [9.17, 15) is 13.6 Å². The number of benzene rings is 1. The monoisotopic (exact) mass is 505 g/mol. The molecule has 0 aliphatic carbocycles. The number of fused-ring (bicyclic) bond motifs is 2. The van der Waals surface area contributed by atoms with Crippen molar-refractivity contribution in [3.8, 4) is 17.0 Å². The maximum Gasteiger partial charge on any atom is 0.244 e. The normalized spacial score (nSPS) is 20.7. The first kappa shape index (κ1) is 20.3. The maximum absolute atomic E-state index is 15.3. The van der Waals surface area contributed by atoms with Crippen molar-refractivity contribution in [3.63, 3.8) is 0 Å². The molecule has 36 heavy (non-hydrogen) atoms. The topological polar surface area (TPSA) is 102 Å². The molecule has 0 unspecified atom stereocenters. The number of nitrogens with zero attached hydrogens (tertiary/aromatic N) is 7. The lowest BCUT2D eigenvalue weighted by Crippen LogP contribution is -2.49. The van der Waals surface area contributed by atoms with Crippen molar-refractivity contribution in [3.05, 3.63) is 30.2 Å². The minimum absolute atomic E-state index is 0.0146. The molecule has 4 heterocycles. The van der Waals surface area contributed by atoms with Crippen molar-refractivity contribution in [2.24, 2.45) is 0 Å². The van der Waals surface area contributed by atoms with Crippen LogP contribution >= 0.6 is 0 Å². The zero-order valence-electron chi connectivity index (χ0n) is 22.5. The lowest BCUT2D eigenvalue weighted by molar-refractivity contribution is -0.131. The van der Waals surface area contributed by atoms with E-state index in [1.165, 1.54) is 23.2 Å². The number of alkyl halides is 2. The average molecular weight is 506 g/mol. The van der Waals surface area contributed by atoms with Gasteiger partial charge in [-0.25, -0.2) is 22.4 Å². The Bertz CT molecular complexity index is 1540. The molecule has 1 aliphatic heterocycles. The first-order valence-electron chi connectivity index (χ1n) is 12.8. The SMILES string of the molecule is [2H]C([2H])([2H])C(=O)N1CC[C@H](Nc2nc(OC)c3c(-c4ccc5nnn(C[C@@H](C)F)c5c4)c(F)cn3n2)[C@H](F)C1. The summed E-state index contributed by atoms with van der Waals surface area (Å²) in [7, 11) is 1.35. The summed E-state index contributed by atoms with van der Waals surface area (Å²) in [5, 5.41) is 15.1. The predicted molar refractivity (Wildman–Crippen MR) is 126 cm³/mol. The van der Waals surface area contributed by atoms with Crippen LogP contribution in [0.15, 0.2) is 24.4 Å². The van der Waals surface area contributed by atoms with E-state index >= 15 is 4.39 Å². The molecule has 3 atom stereocenters. The second kappa shape index (κ2) is 9.28. The fourth-order valence-electron chi connectivity index (χ4n) is 4.41. The van der Waals surface area contributed by atoms with E-state index in [0.29, 0.717) is 16.6 Å². The minimum Gasteiger partial charge on any atom is -0.479 e. The Morgan fingerprint density at radius 3 is 2.97 bits per heavy atom. The standard InChI is InChI=1S/C23H25F3N8O2/c1-12(24)9-33-19-8-14(4-5-18(19)29-31-33)20-16(26)11-34-21(20)22(36-3)28-23(30-34)27-17-6-7-32(13(2)35)10-15(17)25/h4-5,8,11-12,15,17H,6-7,9-10H2,1-3H3,(H,27,30)/t12-,15-,17+/m1/s1/i2D3. The van der Waals surface area contributed by atoms with Gasteiger partial charge in [0.05, 0.1) is 43.5 Å². The summed E-state index contributed by atoms with van der Waals surface area (Å²) in [6.45, 7) is -1.82. The van der Waals surface area contributed by atoms with E-state index in [2.05, 4.69) is 25.7 Å². The van der Waals surface area contributed by atoms with Crippen molar-refractivity contribution in [1.82, 2.24) is 34.5 Å². The number of methoxy groups -OCH3 is 1. The van der Waals surface area contributed by atoms with Gasteiger partial charge in [-0.2, -0.15) is 4.98 Å². The second-order valence-electron chi connectivity index (χ2n) is 8.65. The third-order valence-corrected chi connectivity index (χ3v) is 6.12. The summed E-state index contributed by atoms with van der Waals surface area (Å²) in [6, 6.07) is 4.12. The second-order valence-corrected chi connectivity index (χ2v) is 8.65. The Labute approximate surface area is 208 Å². The fourth-order valence-corrected chi connectivity index (χ4v) is 4.41. The number of nitrogens with one attached hydrogen (secondary N) is 1. The van der Waals surface area contributed by atoms with Crippen LogP contribution in [0.3, 0.4) is 0 Å². The summed E-state index contributed by atoms with van der Waals surface area (Å²) in [5.41, 5.74) is 1.83. The van der Waals surface area contributed by atoms with Crippen LogP contribution in [0.5, 0.6) is 5.88 Å². The van der Waals surface area contributed by atoms with Crippen molar-refractivity contribution in [2.45, 2.75) is 45.1 Å². The van der Waals surface area contributed by atoms with Gasteiger partial charge in [-0.05, 0) is 31.0 Å². The van der Waals surface area contributed by atoms with E-state index in [0.717, 1.165) is 11.1 Å². The maximum atomic E-state index is 15.3. The molecule has 1 amide bonds. The Morgan fingerprint density at radius 1 is 1.42 bits per heavy atom. The number of carbonyl (C=O) groups is 1. The molecule has 4 aromatic rings. The van der Waals surface area contributed by atoms with Gasteiger partial charge >= 0.3 is 0 Å². The summed E-state index contributed by atoms with van der Waals surface area (Å²) >= 11 is 0.